The van der Waals surface area contributed by atoms with Crippen LogP contribution in [-0.2, 0) is 0 Å². The minimum Gasteiger partial charge on any atom is -0.321 e. The van der Waals surface area contributed by atoms with Crippen molar-refractivity contribution < 1.29 is 14.5 Å². The first kappa shape index (κ1) is 19.9. The van der Waals surface area contributed by atoms with Crippen LogP contribution in [0.1, 0.15) is 32.5 Å². The van der Waals surface area contributed by atoms with Crippen molar-refractivity contribution in [3.63, 3.8) is 0 Å². The first-order valence-corrected chi connectivity index (χ1v) is 9.36. The largest absolute Gasteiger partial charge is 0.321 e. The number of nitrogens with zero attached hydrogens (tertiary/aromatic N) is 2. The topological polar surface area (TPSA) is 114 Å². The van der Waals surface area contributed by atoms with E-state index in [2.05, 4.69) is 15.8 Å². The van der Waals surface area contributed by atoms with Gasteiger partial charge in [-0.3, -0.25) is 19.7 Å². The molecule has 0 aliphatic carbocycles. The van der Waals surface area contributed by atoms with Gasteiger partial charge in [0.15, 0.2) is 0 Å². The Morgan fingerprint density at radius 3 is 2.48 bits per heavy atom. The van der Waals surface area contributed by atoms with Crippen LogP contribution in [0.4, 0.5) is 11.4 Å². The molecule has 9 heteroatoms. The van der Waals surface area contributed by atoms with Crippen LogP contribution in [0.25, 0.3) is 0 Å². The Labute approximate surface area is 170 Å². The van der Waals surface area contributed by atoms with Crippen LogP contribution in [-0.4, -0.2) is 22.4 Å². The van der Waals surface area contributed by atoms with Crippen LogP contribution in [0.2, 0.25) is 0 Å². The second-order valence-electron chi connectivity index (χ2n) is 5.96. The number of non-ortho nitro benzene ring substituents is 1. The van der Waals surface area contributed by atoms with Crippen molar-refractivity contribution in [3.05, 3.63) is 92.2 Å². The second-order valence-corrected chi connectivity index (χ2v) is 6.91. The van der Waals surface area contributed by atoms with Gasteiger partial charge in [0.1, 0.15) is 0 Å². The molecule has 8 nitrogen and oxygen atoms in total. The Morgan fingerprint density at radius 1 is 1.00 bits per heavy atom. The molecule has 1 heterocycles. The third-order valence-corrected chi connectivity index (χ3v) is 4.80. The van der Waals surface area contributed by atoms with E-state index in [0.29, 0.717) is 21.8 Å². The van der Waals surface area contributed by atoms with Crippen LogP contribution in [0.5, 0.6) is 0 Å². The predicted molar refractivity (Wildman–Crippen MR) is 111 cm³/mol. The third kappa shape index (κ3) is 5.11. The number of hydrogen-bond acceptors (Lipinski definition) is 6. The van der Waals surface area contributed by atoms with E-state index in [1.54, 1.807) is 43.3 Å². The Morgan fingerprint density at radius 2 is 1.76 bits per heavy atom. The number of nitro benzene ring substituents is 1. The summed E-state index contributed by atoms with van der Waals surface area (Å²) in [5.74, 6) is -0.763. The van der Waals surface area contributed by atoms with Gasteiger partial charge in [-0.05, 0) is 42.1 Å². The van der Waals surface area contributed by atoms with Crippen molar-refractivity contribution in [1.29, 1.82) is 0 Å². The van der Waals surface area contributed by atoms with Crippen LogP contribution in [0, 0.1) is 10.1 Å². The average molecular weight is 408 g/mol. The second kappa shape index (κ2) is 8.89. The van der Waals surface area contributed by atoms with Crippen molar-refractivity contribution in [2.45, 2.75) is 6.92 Å². The lowest BCUT2D eigenvalue weighted by Crippen LogP contribution is -2.19. The van der Waals surface area contributed by atoms with Gasteiger partial charge in [-0.25, -0.2) is 5.43 Å². The Hall–Kier alpha value is -3.85. The van der Waals surface area contributed by atoms with Crippen molar-refractivity contribution in [3.8, 4) is 0 Å². The number of rotatable bonds is 6. The molecule has 0 aliphatic heterocycles. The zero-order chi connectivity index (χ0) is 20.8. The van der Waals surface area contributed by atoms with Gasteiger partial charge < -0.3 is 5.32 Å². The van der Waals surface area contributed by atoms with Gasteiger partial charge in [-0.15, -0.1) is 11.3 Å². The fraction of sp³-hybridized carbons (Fsp3) is 0.0500. The van der Waals surface area contributed by atoms with Crippen LogP contribution < -0.4 is 10.7 Å². The van der Waals surface area contributed by atoms with E-state index >= 15 is 0 Å². The number of benzene rings is 2. The molecule has 146 valence electrons. The Bertz CT molecular complexity index is 1090. The van der Waals surface area contributed by atoms with Crippen LogP contribution >= 0.6 is 11.3 Å². The number of nitrogens with one attached hydrogen (secondary N) is 2. The molecule has 0 saturated carbocycles. The summed E-state index contributed by atoms with van der Waals surface area (Å²) >= 11 is 1.35. The molecule has 0 unspecified atom stereocenters. The molecule has 3 aromatic rings. The first-order chi connectivity index (χ1) is 13.9. The van der Waals surface area contributed by atoms with E-state index in [1.807, 2.05) is 5.38 Å². The van der Waals surface area contributed by atoms with Gasteiger partial charge in [0.2, 0.25) is 0 Å². The highest BCUT2D eigenvalue weighted by Gasteiger charge is 2.11. The monoisotopic (exact) mass is 408 g/mol. The van der Waals surface area contributed by atoms with E-state index in [4.69, 9.17) is 0 Å². The highest BCUT2D eigenvalue weighted by atomic mass is 32.1. The number of anilines is 1. The molecule has 2 N–H and O–H groups in total. The number of carbonyl (C=O) groups excluding carboxylic acids is 2. The summed E-state index contributed by atoms with van der Waals surface area (Å²) in [6, 6.07) is 16.0. The maximum absolute atomic E-state index is 12.2. The first-order valence-electron chi connectivity index (χ1n) is 8.48. The summed E-state index contributed by atoms with van der Waals surface area (Å²) < 4.78 is 0. The van der Waals surface area contributed by atoms with Crippen molar-refractivity contribution >= 4 is 40.2 Å². The summed E-state index contributed by atoms with van der Waals surface area (Å²) in [6.45, 7) is 1.70. The number of hydrazone groups is 1. The molecule has 0 fully saturated rings. The number of nitro groups is 1. The number of hydrogen-bond donors (Lipinski definition) is 2. The zero-order valence-corrected chi connectivity index (χ0v) is 16.1. The lowest BCUT2D eigenvalue weighted by atomic mass is 10.1. The average Bonchev–Trinajstić information content (AvgIpc) is 3.27. The van der Waals surface area contributed by atoms with Crippen molar-refractivity contribution in [1.82, 2.24) is 5.43 Å². The molecule has 1 aromatic heterocycles. The number of carbonyl (C=O) groups is 2. The molecular formula is C20H16N4O4S. The smallest absolute Gasteiger partial charge is 0.271 e. The predicted octanol–water partition coefficient (Wildman–Crippen LogP) is 4.06. The maximum atomic E-state index is 12.2. The summed E-state index contributed by atoms with van der Waals surface area (Å²) in [4.78, 5) is 35.2. The molecule has 0 atom stereocenters. The van der Waals surface area contributed by atoms with Gasteiger partial charge in [-0.1, -0.05) is 24.3 Å². The van der Waals surface area contributed by atoms with Crippen molar-refractivity contribution in [2.24, 2.45) is 5.10 Å². The third-order valence-electron chi connectivity index (χ3n) is 3.93. The highest BCUT2D eigenvalue weighted by Crippen LogP contribution is 2.16. The van der Waals surface area contributed by atoms with E-state index in [-0.39, 0.29) is 17.2 Å². The van der Waals surface area contributed by atoms with E-state index in [1.165, 1.54) is 35.6 Å². The molecule has 0 radical (unpaired) electrons. The number of amides is 2. The highest BCUT2D eigenvalue weighted by molar-refractivity contribution is 7.12. The minimum absolute atomic E-state index is 0.132. The van der Waals surface area contributed by atoms with Gasteiger partial charge in [0, 0.05) is 23.4 Å². The van der Waals surface area contributed by atoms with Crippen LogP contribution in [0.15, 0.2) is 71.1 Å². The molecule has 3 rings (SSSR count). The molecule has 0 saturated heterocycles. The summed E-state index contributed by atoms with van der Waals surface area (Å²) in [5, 5.41) is 19.5. The lowest BCUT2D eigenvalue weighted by molar-refractivity contribution is -0.384. The van der Waals surface area contributed by atoms with Gasteiger partial charge in [0.25, 0.3) is 17.5 Å². The molecule has 29 heavy (non-hydrogen) atoms. The quantitative estimate of drug-likeness (QED) is 0.364. The summed E-state index contributed by atoms with van der Waals surface area (Å²) in [6.07, 6.45) is 0. The molecule has 2 aromatic carbocycles. The molecule has 0 spiro atoms. The number of thiophene rings is 1. The minimum atomic E-state index is -0.568. The summed E-state index contributed by atoms with van der Waals surface area (Å²) in [7, 11) is 0. The van der Waals surface area contributed by atoms with Gasteiger partial charge >= 0.3 is 0 Å². The normalized spacial score (nSPS) is 11.0. The van der Waals surface area contributed by atoms with Crippen molar-refractivity contribution in [2.75, 3.05) is 5.32 Å². The van der Waals surface area contributed by atoms with Crippen LogP contribution in [0.3, 0.4) is 0 Å². The molecule has 0 bridgehead atoms. The summed E-state index contributed by atoms with van der Waals surface area (Å²) in [5.41, 5.74) is 4.16. The lowest BCUT2D eigenvalue weighted by Gasteiger charge is -2.07. The molecule has 0 aliphatic rings. The van der Waals surface area contributed by atoms with E-state index < -0.39 is 10.8 Å². The Kier molecular flexibility index (Phi) is 6.10. The standard InChI is InChI=1S/C20H16N4O4S/c1-13(22-23-19(25)15-6-3-8-17(12-15)24(27)28)14-5-2-7-16(11-14)21-20(26)18-9-4-10-29-18/h2-12H,1H3,(H,21,26)(H,23,25)/b22-13-. The molecular weight excluding hydrogens is 392 g/mol. The molecule has 2 amide bonds. The fourth-order valence-electron chi connectivity index (χ4n) is 2.45. The van der Waals surface area contributed by atoms with Gasteiger partial charge in [0.05, 0.1) is 15.5 Å². The fourth-order valence-corrected chi connectivity index (χ4v) is 3.07. The SMILES string of the molecule is C/C(=N/NC(=O)c1cccc([N+](=O)[O-])c1)c1cccc(NC(=O)c2cccs2)c1. The Balaban J connectivity index is 1.69. The maximum Gasteiger partial charge on any atom is 0.271 e. The zero-order valence-electron chi connectivity index (χ0n) is 15.3. The van der Waals surface area contributed by atoms with Gasteiger partial charge in [-0.2, -0.15) is 5.10 Å². The van der Waals surface area contributed by atoms with E-state index in [9.17, 15) is 19.7 Å². The van der Waals surface area contributed by atoms with E-state index in [0.717, 1.165) is 0 Å².